The molecule has 8 heteroatoms. The smallest absolute Gasteiger partial charge is 0.218 e. The van der Waals surface area contributed by atoms with Gasteiger partial charge in [-0.05, 0) is 17.7 Å². The Bertz CT molecular complexity index is 709. The molecule has 2 aromatic rings. The number of hydrogen-bond acceptors (Lipinski definition) is 5. The highest BCUT2D eigenvalue weighted by Crippen LogP contribution is 2.21. The van der Waals surface area contributed by atoms with E-state index in [1.54, 1.807) is 17.5 Å². The van der Waals surface area contributed by atoms with Crippen molar-refractivity contribution in [2.75, 3.05) is 31.1 Å². The topological polar surface area (TPSA) is 53.5 Å². The van der Waals surface area contributed by atoms with Crippen LogP contribution in [0.15, 0.2) is 35.8 Å². The van der Waals surface area contributed by atoms with Crippen molar-refractivity contribution >= 4 is 26.5 Å². The first-order valence-corrected chi connectivity index (χ1v) is 9.40. The van der Waals surface area contributed by atoms with Crippen LogP contribution in [-0.2, 0) is 15.8 Å². The minimum absolute atomic E-state index is 0.0927. The Morgan fingerprint density at radius 1 is 1.14 bits per heavy atom. The van der Waals surface area contributed by atoms with E-state index in [9.17, 15) is 12.8 Å². The lowest BCUT2D eigenvalue weighted by molar-refractivity contribution is 0.384. The number of benzene rings is 1. The van der Waals surface area contributed by atoms with Crippen LogP contribution in [0.4, 0.5) is 9.52 Å². The molecule has 1 saturated heterocycles. The second-order valence-corrected chi connectivity index (χ2v) is 7.93. The van der Waals surface area contributed by atoms with Crippen LogP contribution in [0.25, 0.3) is 0 Å². The Morgan fingerprint density at radius 3 is 2.41 bits per heavy atom. The van der Waals surface area contributed by atoms with E-state index in [-0.39, 0.29) is 11.6 Å². The minimum Gasteiger partial charge on any atom is -0.345 e. The van der Waals surface area contributed by atoms with Gasteiger partial charge in [0.1, 0.15) is 5.82 Å². The SMILES string of the molecule is O=S(=O)(Cc1ccc(F)cc1)N1CCN(c2nccs2)CC1. The lowest BCUT2D eigenvalue weighted by Gasteiger charge is -2.33. The minimum atomic E-state index is -3.37. The highest BCUT2D eigenvalue weighted by Gasteiger charge is 2.27. The van der Waals surface area contributed by atoms with Crippen LogP contribution in [0, 0.1) is 5.82 Å². The molecule has 118 valence electrons. The molecule has 22 heavy (non-hydrogen) atoms. The van der Waals surface area contributed by atoms with Gasteiger partial charge in [-0.3, -0.25) is 0 Å². The molecule has 0 atom stereocenters. The first kappa shape index (κ1) is 15.4. The third kappa shape index (κ3) is 3.45. The van der Waals surface area contributed by atoms with Gasteiger partial charge in [0.05, 0.1) is 5.75 Å². The zero-order chi connectivity index (χ0) is 15.6. The summed E-state index contributed by atoms with van der Waals surface area (Å²) >= 11 is 1.55. The van der Waals surface area contributed by atoms with Crippen molar-refractivity contribution in [1.82, 2.24) is 9.29 Å². The highest BCUT2D eigenvalue weighted by atomic mass is 32.2. The number of hydrogen-bond donors (Lipinski definition) is 0. The molecule has 2 heterocycles. The fraction of sp³-hybridized carbons (Fsp3) is 0.357. The van der Waals surface area contributed by atoms with E-state index in [4.69, 9.17) is 0 Å². The molecule has 0 radical (unpaired) electrons. The number of halogens is 1. The summed E-state index contributed by atoms with van der Waals surface area (Å²) in [4.78, 5) is 6.34. The average Bonchev–Trinajstić information content (AvgIpc) is 3.04. The Kier molecular flexibility index (Phi) is 4.42. The largest absolute Gasteiger partial charge is 0.345 e. The van der Waals surface area contributed by atoms with E-state index >= 15 is 0 Å². The van der Waals surface area contributed by atoms with E-state index in [1.807, 2.05) is 5.38 Å². The third-order valence-electron chi connectivity index (χ3n) is 3.58. The molecular weight excluding hydrogens is 325 g/mol. The van der Waals surface area contributed by atoms with Gasteiger partial charge < -0.3 is 4.90 Å². The quantitative estimate of drug-likeness (QED) is 0.853. The summed E-state index contributed by atoms with van der Waals surface area (Å²) < 4.78 is 39.2. The molecule has 0 saturated carbocycles. The van der Waals surface area contributed by atoms with Crippen molar-refractivity contribution < 1.29 is 12.8 Å². The maximum Gasteiger partial charge on any atom is 0.218 e. The molecule has 0 amide bonds. The number of anilines is 1. The van der Waals surface area contributed by atoms with E-state index in [2.05, 4.69) is 9.88 Å². The number of nitrogens with zero attached hydrogens (tertiary/aromatic N) is 3. The van der Waals surface area contributed by atoms with Gasteiger partial charge in [-0.1, -0.05) is 12.1 Å². The van der Waals surface area contributed by atoms with Crippen LogP contribution in [0.2, 0.25) is 0 Å². The van der Waals surface area contributed by atoms with Crippen molar-refractivity contribution in [1.29, 1.82) is 0 Å². The monoisotopic (exact) mass is 341 g/mol. The summed E-state index contributed by atoms with van der Waals surface area (Å²) in [5.74, 6) is -0.455. The Labute approximate surface area is 133 Å². The third-order valence-corrected chi connectivity index (χ3v) is 6.27. The van der Waals surface area contributed by atoms with Crippen LogP contribution in [0.1, 0.15) is 5.56 Å². The second-order valence-electron chi connectivity index (χ2n) is 5.08. The number of thiazole rings is 1. The number of rotatable bonds is 4. The zero-order valence-electron chi connectivity index (χ0n) is 11.9. The van der Waals surface area contributed by atoms with Gasteiger partial charge in [-0.15, -0.1) is 11.3 Å². The molecule has 0 unspecified atom stereocenters. The van der Waals surface area contributed by atoms with E-state index < -0.39 is 10.0 Å². The summed E-state index contributed by atoms with van der Waals surface area (Å²) in [5.41, 5.74) is 0.601. The van der Waals surface area contributed by atoms with Crippen LogP contribution in [0.5, 0.6) is 0 Å². The normalized spacial score (nSPS) is 16.9. The maximum absolute atomic E-state index is 12.9. The second kappa shape index (κ2) is 6.31. The summed E-state index contributed by atoms with van der Waals surface area (Å²) in [5, 5.41) is 2.84. The van der Waals surface area contributed by atoms with Crippen molar-refractivity contribution in [3.63, 3.8) is 0 Å². The molecule has 0 N–H and O–H groups in total. The van der Waals surface area contributed by atoms with E-state index in [0.717, 1.165) is 5.13 Å². The zero-order valence-corrected chi connectivity index (χ0v) is 13.5. The molecule has 0 spiro atoms. The van der Waals surface area contributed by atoms with Gasteiger partial charge in [0.2, 0.25) is 10.0 Å². The predicted molar refractivity (Wildman–Crippen MR) is 84.9 cm³/mol. The van der Waals surface area contributed by atoms with Crippen molar-refractivity contribution in [3.8, 4) is 0 Å². The van der Waals surface area contributed by atoms with Crippen molar-refractivity contribution in [2.24, 2.45) is 0 Å². The summed E-state index contributed by atoms with van der Waals surface area (Å²) in [7, 11) is -3.37. The first-order chi connectivity index (χ1) is 10.5. The van der Waals surface area contributed by atoms with Gasteiger partial charge in [0.15, 0.2) is 5.13 Å². The fourth-order valence-corrected chi connectivity index (χ4v) is 4.62. The molecule has 0 bridgehead atoms. The van der Waals surface area contributed by atoms with E-state index in [1.165, 1.54) is 28.6 Å². The molecule has 1 aliphatic heterocycles. The molecule has 1 aromatic heterocycles. The van der Waals surface area contributed by atoms with Crippen molar-refractivity contribution in [2.45, 2.75) is 5.75 Å². The van der Waals surface area contributed by atoms with Crippen LogP contribution >= 0.6 is 11.3 Å². The number of aromatic nitrogens is 1. The lowest BCUT2D eigenvalue weighted by atomic mass is 10.2. The van der Waals surface area contributed by atoms with Crippen LogP contribution < -0.4 is 4.90 Å². The molecule has 1 aromatic carbocycles. The van der Waals surface area contributed by atoms with Crippen LogP contribution in [0.3, 0.4) is 0 Å². The molecule has 0 aliphatic carbocycles. The summed E-state index contributed by atoms with van der Waals surface area (Å²) in [6, 6.07) is 5.59. The average molecular weight is 341 g/mol. The van der Waals surface area contributed by atoms with Gasteiger partial charge in [-0.25, -0.2) is 17.8 Å². The molecule has 1 aliphatic rings. The highest BCUT2D eigenvalue weighted by molar-refractivity contribution is 7.88. The van der Waals surface area contributed by atoms with Gasteiger partial charge in [-0.2, -0.15) is 4.31 Å². The summed E-state index contributed by atoms with van der Waals surface area (Å²) in [6.07, 6.45) is 1.75. The van der Waals surface area contributed by atoms with Gasteiger partial charge >= 0.3 is 0 Å². The standard InChI is InChI=1S/C14H16FN3O2S2/c15-13-3-1-12(2-4-13)11-22(19,20)18-8-6-17(7-9-18)14-16-5-10-21-14/h1-5,10H,6-9,11H2. The fourth-order valence-electron chi connectivity index (χ4n) is 2.41. The predicted octanol–water partition coefficient (Wildman–Crippen LogP) is 1.93. The first-order valence-electron chi connectivity index (χ1n) is 6.91. The molecular formula is C14H16FN3O2S2. The molecule has 5 nitrogen and oxygen atoms in total. The van der Waals surface area contributed by atoms with Gasteiger partial charge in [0, 0.05) is 37.8 Å². The summed E-state index contributed by atoms with van der Waals surface area (Å²) in [6.45, 7) is 2.17. The molecule has 1 fully saturated rings. The molecule has 3 rings (SSSR count). The Hall–Kier alpha value is -1.51. The maximum atomic E-state index is 12.9. The van der Waals surface area contributed by atoms with Crippen LogP contribution in [-0.4, -0.2) is 43.9 Å². The number of piperazine rings is 1. The van der Waals surface area contributed by atoms with Gasteiger partial charge in [0.25, 0.3) is 0 Å². The van der Waals surface area contributed by atoms with E-state index in [0.29, 0.717) is 31.7 Å². The Balaban J connectivity index is 1.63. The van der Waals surface area contributed by atoms with Crippen molar-refractivity contribution in [3.05, 3.63) is 47.2 Å². The number of sulfonamides is 1. The lowest BCUT2D eigenvalue weighted by Crippen LogP contribution is -2.49. The Morgan fingerprint density at radius 2 is 1.82 bits per heavy atom.